The molecule has 0 atom stereocenters. The fraction of sp³-hybridized carbons (Fsp3) is 0.190. The van der Waals surface area contributed by atoms with Gasteiger partial charge in [0.2, 0.25) is 0 Å². The SMILES string of the molecule is CCOc1cccc(C=Nc2cc(N=Cc3cccc(OCC)c3[O-])c(N=Cc3cccc(OCC)c3[O-])cc2N=Cc2cccc(OCC)c2[O-])c1[O-].[Zn+2].[Zn+2]. The quantitative estimate of drug-likeness (QED) is 0.0790. The molecule has 0 bridgehead atoms. The number of hydrogen-bond donors (Lipinski definition) is 0. The summed E-state index contributed by atoms with van der Waals surface area (Å²) in [5, 5.41) is 52.4. The Morgan fingerprint density at radius 2 is 0.607 bits per heavy atom. The maximum Gasteiger partial charge on any atom is 2.00 e. The van der Waals surface area contributed by atoms with Crippen LogP contribution in [0.1, 0.15) is 49.9 Å². The van der Waals surface area contributed by atoms with Crippen LogP contribution in [0.25, 0.3) is 0 Å². The van der Waals surface area contributed by atoms with Gasteiger partial charge in [-0.3, -0.25) is 20.0 Å². The van der Waals surface area contributed by atoms with Gasteiger partial charge in [-0.2, -0.15) is 0 Å². The fourth-order valence-electron chi connectivity index (χ4n) is 5.14. The molecule has 0 heterocycles. The molecule has 278 valence electrons. The van der Waals surface area contributed by atoms with Crippen LogP contribution in [0.2, 0.25) is 0 Å². The summed E-state index contributed by atoms with van der Waals surface area (Å²) in [5.41, 5.74) is 2.04. The Morgan fingerprint density at radius 3 is 0.804 bits per heavy atom. The first-order valence-corrected chi connectivity index (χ1v) is 17.3. The van der Waals surface area contributed by atoms with Crippen LogP contribution >= 0.6 is 0 Å². The van der Waals surface area contributed by atoms with Crippen molar-refractivity contribution in [3.05, 3.63) is 107 Å². The summed E-state index contributed by atoms with van der Waals surface area (Å²) < 4.78 is 21.9. The van der Waals surface area contributed by atoms with Crippen LogP contribution in [-0.2, 0) is 39.0 Å². The third-order valence-corrected chi connectivity index (χ3v) is 7.68. The molecule has 0 amide bonds. The van der Waals surface area contributed by atoms with Gasteiger partial charge >= 0.3 is 39.0 Å². The number of aliphatic imine (C=N–C) groups is 4. The Kier molecular flexibility index (Phi) is 17.7. The van der Waals surface area contributed by atoms with E-state index < -0.39 is 0 Å². The molecule has 56 heavy (non-hydrogen) atoms. The van der Waals surface area contributed by atoms with Gasteiger partial charge in [0.25, 0.3) is 0 Å². The monoisotopic (exact) mass is 854 g/mol. The fourth-order valence-corrected chi connectivity index (χ4v) is 5.14. The van der Waals surface area contributed by atoms with E-state index in [0.717, 1.165) is 0 Å². The number of para-hydroxylation sites is 4. The summed E-state index contributed by atoms with van der Waals surface area (Å²) in [6.45, 7) is 8.38. The molecule has 5 aromatic rings. The molecule has 0 aliphatic heterocycles. The summed E-state index contributed by atoms with van der Waals surface area (Å²) in [6.07, 6.45) is 5.53. The summed E-state index contributed by atoms with van der Waals surface area (Å²) in [7, 11) is 0. The maximum absolute atomic E-state index is 13.1. The predicted octanol–water partition coefficient (Wildman–Crippen LogP) is 6.57. The van der Waals surface area contributed by atoms with Crippen molar-refractivity contribution in [2.75, 3.05) is 26.4 Å². The van der Waals surface area contributed by atoms with E-state index in [1.165, 1.54) is 24.9 Å². The van der Waals surface area contributed by atoms with Crippen LogP contribution in [0, 0.1) is 0 Å². The third-order valence-electron chi connectivity index (χ3n) is 7.68. The van der Waals surface area contributed by atoms with Crippen LogP contribution in [0.4, 0.5) is 22.7 Å². The second-order valence-electron chi connectivity index (χ2n) is 11.3. The van der Waals surface area contributed by atoms with Crippen LogP contribution in [-0.4, -0.2) is 51.3 Å². The summed E-state index contributed by atoms with van der Waals surface area (Å²) in [4.78, 5) is 18.5. The Morgan fingerprint density at radius 1 is 0.393 bits per heavy atom. The van der Waals surface area contributed by atoms with E-state index in [-0.39, 0.29) is 130 Å². The van der Waals surface area contributed by atoms with Gasteiger partial charge in [0.1, 0.15) is 23.0 Å². The summed E-state index contributed by atoms with van der Waals surface area (Å²) >= 11 is 0. The van der Waals surface area contributed by atoms with Crippen molar-refractivity contribution < 1.29 is 78.3 Å². The Labute approximate surface area is 351 Å². The van der Waals surface area contributed by atoms with Crippen molar-refractivity contribution in [1.82, 2.24) is 0 Å². The first kappa shape index (κ1) is 44.8. The molecule has 0 radical (unpaired) electrons. The minimum atomic E-state index is -0.351. The molecular formula is C42H38N4O8Zn2. The molecule has 0 fully saturated rings. The average molecular weight is 858 g/mol. The molecule has 0 aliphatic carbocycles. The van der Waals surface area contributed by atoms with Crippen LogP contribution in [0.3, 0.4) is 0 Å². The molecular weight excluding hydrogens is 819 g/mol. The normalized spacial score (nSPS) is 11.2. The average Bonchev–Trinajstić information content (AvgIpc) is 3.17. The van der Waals surface area contributed by atoms with Gasteiger partial charge in [0, 0.05) is 24.9 Å². The Hall–Kier alpha value is -5.57. The van der Waals surface area contributed by atoms with Crippen LogP contribution in [0.15, 0.2) is 105 Å². The zero-order chi connectivity index (χ0) is 38.5. The molecule has 0 saturated carbocycles. The molecule has 5 aromatic carbocycles. The van der Waals surface area contributed by atoms with Crippen molar-refractivity contribution in [3.63, 3.8) is 0 Å². The van der Waals surface area contributed by atoms with E-state index in [2.05, 4.69) is 20.0 Å². The molecule has 0 aliphatic rings. The van der Waals surface area contributed by atoms with Gasteiger partial charge < -0.3 is 39.4 Å². The molecule has 0 aromatic heterocycles. The van der Waals surface area contributed by atoms with E-state index in [4.69, 9.17) is 18.9 Å². The van der Waals surface area contributed by atoms with Crippen molar-refractivity contribution in [1.29, 1.82) is 0 Å². The zero-order valence-corrected chi connectivity index (χ0v) is 37.6. The van der Waals surface area contributed by atoms with Crippen molar-refractivity contribution in [3.8, 4) is 46.0 Å². The van der Waals surface area contributed by atoms with Gasteiger partial charge in [0.05, 0.1) is 49.2 Å². The summed E-state index contributed by atoms with van der Waals surface area (Å²) in [6, 6.07) is 22.6. The molecule has 0 N–H and O–H groups in total. The Balaban J connectivity index is 0.00000420. The molecule has 0 saturated heterocycles. The number of benzene rings is 5. The Bertz CT molecular complexity index is 1900. The largest absolute Gasteiger partial charge is 2.00 e. The number of nitrogens with zero attached hydrogens (tertiary/aromatic N) is 4. The molecule has 12 nitrogen and oxygen atoms in total. The molecule has 0 spiro atoms. The van der Waals surface area contributed by atoms with E-state index in [9.17, 15) is 20.4 Å². The standard InChI is InChI=1S/C42H42N4O8.2Zn/c1-5-51-35-17-9-13-27(39(35)47)23-43-31-21-33(45-25-29-15-11-19-37(41(29)49)53-7-3)34(46-26-30-16-12-20-38(42(30)50)54-8-4)22-32(31)44-24-28-14-10-18-36(40(28)48)52-6-2;;/h9-26,47-50H,5-8H2,1-4H3;;/q;2*+2/p-4. The van der Waals surface area contributed by atoms with Gasteiger partial charge in [0.15, 0.2) is 0 Å². The van der Waals surface area contributed by atoms with E-state index in [1.54, 1.807) is 113 Å². The first-order valence-electron chi connectivity index (χ1n) is 17.3. The minimum Gasteiger partial charge on any atom is -0.870 e. The van der Waals surface area contributed by atoms with Crippen LogP contribution in [0.5, 0.6) is 46.0 Å². The van der Waals surface area contributed by atoms with E-state index in [1.807, 2.05) is 0 Å². The van der Waals surface area contributed by atoms with E-state index in [0.29, 0.717) is 26.4 Å². The number of hydrogen-bond acceptors (Lipinski definition) is 12. The number of rotatable bonds is 16. The second kappa shape index (κ2) is 22.1. The zero-order valence-electron chi connectivity index (χ0n) is 31.7. The maximum atomic E-state index is 13.1. The number of ether oxygens (including phenoxy) is 4. The van der Waals surface area contributed by atoms with Gasteiger partial charge in [-0.15, -0.1) is 0 Å². The van der Waals surface area contributed by atoms with Crippen molar-refractivity contribution in [2.45, 2.75) is 27.7 Å². The van der Waals surface area contributed by atoms with Gasteiger partial charge in [-0.25, -0.2) is 0 Å². The van der Waals surface area contributed by atoms with Crippen molar-refractivity contribution >= 4 is 47.6 Å². The van der Waals surface area contributed by atoms with Gasteiger partial charge in [-0.05, 0) is 86.3 Å². The van der Waals surface area contributed by atoms with E-state index >= 15 is 0 Å². The molecule has 14 heteroatoms. The van der Waals surface area contributed by atoms with Crippen LogP contribution < -0.4 is 39.4 Å². The van der Waals surface area contributed by atoms with Crippen molar-refractivity contribution in [2.24, 2.45) is 20.0 Å². The molecule has 5 rings (SSSR count). The second-order valence-corrected chi connectivity index (χ2v) is 11.3. The first-order chi connectivity index (χ1) is 26.3. The molecule has 0 unspecified atom stereocenters. The minimum absolute atomic E-state index is 0. The third kappa shape index (κ3) is 11.2. The van der Waals surface area contributed by atoms with Gasteiger partial charge in [-0.1, -0.05) is 71.5 Å². The predicted molar refractivity (Wildman–Crippen MR) is 204 cm³/mol. The topological polar surface area (TPSA) is 179 Å². The summed E-state index contributed by atoms with van der Waals surface area (Å²) in [5.74, 6) is -0.678. The smallest absolute Gasteiger partial charge is 0.870 e.